The van der Waals surface area contributed by atoms with Gasteiger partial charge in [-0.15, -0.1) is 11.3 Å². The first-order valence-corrected chi connectivity index (χ1v) is 7.16. The molecule has 2 aromatic rings. The molecule has 0 saturated heterocycles. The Morgan fingerprint density at radius 1 is 1.50 bits per heavy atom. The van der Waals surface area contributed by atoms with Crippen LogP contribution in [0.15, 0.2) is 29.6 Å². The molecule has 4 nitrogen and oxygen atoms in total. The first-order valence-electron chi connectivity index (χ1n) is 5.20. The van der Waals surface area contributed by atoms with Crippen molar-refractivity contribution in [3.8, 4) is 0 Å². The molecule has 0 aliphatic rings. The molecule has 0 saturated carbocycles. The van der Waals surface area contributed by atoms with Crippen LogP contribution >= 0.6 is 33.9 Å². The fourth-order valence-corrected chi connectivity index (χ4v) is 2.62. The number of carbonyl (C=O) groups excluding carboxylic acids is 1. The molecule has 0 aliphatic heterocycles. The lowest BCUT2D eigenvalue weighted by molar-refractivity contribution is 0.102. The molecule has 1 aromatic carbocycles. The lowest BCUT2D eigenvalue weighted by Gasteiger charge is -2.04. The number of halogens is 1. The second-order valence-electron chi connectivity index (χ2n) is 3.49. The molecule has 0 bridgehead atoms. The van der Waals surface area contributed by atoms with Gasteiger partial charge >= 0.3 is 0 Å². The molecule has 6 heteroatoms. The molecular weight excluding hydrogens is 363 g/mol. The Hall–Kier alpha value is -0.990. The maximum atomic E-state index is 12.0. The predicted molar refractivity (Wildman–Crippen MR) is 79.9 cm³/mol. The van der Waals surface area contributed by atoms with Crippen LogP contribution in [0.2, 0.25) is 0 Å². The third-order valence-electron chi connectivity index (χ3n) is 2.17. The molecule has 0 radical (unpaired) electrons. The van der Waals surface area contributed by atoms with E-state index in [-0.39, 0.29) is 5.91 Å². The highest BCUT2D eigenvalue weighted by Gasteiger charge is 2.11. The van der Waals surface area contributed by atoms with Gasteiger partial charge in [-0.3, -0.25) is 4.79 Å². The van der Waals surface area contributed by atoms with Crippen molar-refractivity contribution >= 4 is 45.5 Å². The normalized spacial score (nSPS) is 10.3. The van der Waals surface area contributed by atoms with Crippen LogP contribution in [0, 0.1) is 3.57 Å². The maximum absolute atomic E-state index is 12.0. The van der Waals surface area contributed by atoms with Crippen molar-refractivity contribution in [1.29, 1.82) is 0 Å². The summed E-state index contributed by atoms with van der Waals surface area (Å²) >= 11 is 3.60. The molecule has 1 amide bonds. The van der Waals surface area contributed by atoms with E-state index in [1.165, 1.54) is 11.3 Å². The average Bonchev–Trinajstić information content (AvgIpc) is 2.81. The van der Waals surface area contributed by atoms with E-state index in [1.807, 2.05) is 24.3 Å². The largest absolute Gasteiger partial charge is 0.378 e. The Morgan fingerprint density at radius 3 is 3.00 bits per heavy atom. The summed E-state index contributed by atoms with van der Waals surface area (Å²) in [5.41, 5.74) is 1.22. The molecule has 1 heterocycles. The minimum Gasteiger partial charge on any atom is -0.378 e. The standard InChI is InChI=1S/C12H11IN2O2S/c1-17-6-11-14-10(7-18-11)12(16)15-9-5-3-2-4-8(9)13/h2-5,7H,6H2,1H3,(H,15,16). The van der Waals surface area contributed by atoms with E-state index in [9.17, 15) is 4.79 Å². The van der Waals surface area contributed by atoms with Crippen LogP contribution < -0.4 is 5.32 Å². The van der Waals surface area contributed by atoms with Crippen molar-refractivity contribution in [2.45, 2.75) is 6.61 Å². The monoisotopic (exact) mass is 374 g/mol. The summed E-state index contributed by atoms with van der Waals surface area (Å²) in [4.78, 5) is 16.2. The van der Waals surface area contributed by atoms with Gasteiger partial charge in [0.05, 0.1) is 12.3 Å². The van der Waals surface area contributed by atoms with E-state index in [2.05, 4.69) is 32.9 Å². The lowest BCUT2D eigenvalue weighted by Crippen LogP contribution is -2.13. The summed E-state index contributed by atoms with van der Waals surface area (Å²) < 4.78 is 5.97. The first-order chi connectivity index (χ1) is 8.70. The molecule has 2 rings (SSSR count). The fraction of sp³-hybridized carbons (Fsp3) is 0.167. The minimum absolute atomic E-state index is 0.197. The Bertz CT molecular complexity index is 557. The Balaban J connectivity index is 2.10. The number of nitrogens with one attached hydrogen (secondary N) is 1. The van der Waals surface area contributed by atoms with Gasteiger partial charge in [-0.2, -0.15) is 0 Å². The van der Waals surface area contributed by atoms with E-state index >= 15 is 0 Å². The number of carbonyl (C=O) groups is 1. The number of nitrogens with zero attached hydrogens (tertiary/aromatic N) is 1. The molecule has 0 aliphatic carbocycles. The van der Waals surface area contributed by atoms with Crippen LogP contribution in [0.5, 0.6) is 0 Å². The Kier molecular flexibility index (Phi) is 4.67. The molecule has 0 spiro atoms. The van der Waals surface area contributed by atoms with Crippen molar-refractivity contribution in [2.24, 2.45) is 0 Å². The van der Waals surface area contributed by atoms with E-state index in [4.69, 9.17) is 4.74 Å². The summed E-state index contributed by atoms with van der Waals surface area (Å²) in [6.45, 7) is 0.431. The quantitative estimate of drug-likeness (QED) is 0.837. The zero-order valence-electron chi connectivity index (χ0n) is 9.64. The number of methoxy groups -OCH3 is 1. The van der Waals surface area contributed by atoms with Crippen LogP contribution in [-0.2, 0) is 11.3 Å². The topological polar surface area (TPSA) is 51.2 Å². The molecular formula is C12H11IN2O2S. The van der Waals surface area contributed by atoms with E-state index in [0.29, 0.717) is 12.3 Å². The van der Waals surface area contributed by atoms with Gasteiger partial charge < -0.3 is 10.1 Å². The van der Waals surface area contributed by atoms with Gasteiger partial charge in [-0.1, -0.05) is 12.1 Å². The second kappa shape index (κ2) is 6.26. The molecule has 94 valence electrons. The van der Waals surface area contributed by atoms with Gasteiger partial charge in [0.2, 0.25) is 0 Å². The van der Waals surface area contributed by atoms with E-state index in [0.717, 1.165) is 14.3 Å². The van der Waals surface area contributed by atoms with Gasteiger partial charge in [0.15, 0.2) is 0 Å². The Labute approximate surface area is 123 Å². The second-order valence-corrected chi connectivity index (χ2v) is 5.60. The van der Waals surface area contributed by atoms with Crippen molar-refractivity contribution in [3.05, 3.63) is 43.9 Å². The molecule has 18 heavy (non-hydrogen) atoms. The predicted octanol–water partition coefficient (Wildman–Crippen LogP) is 3.15. The molecule has 1 aromatic heterocycles. The Morgan fingerprint density at radius 2 is 2.28 bits per heavy atom. The number of hydrogen-bond acceptors (Lipinski definition) is 4. The number of aromatic nitrogens is 1. The highest BCUT2D eigenvalue weighted by atomic mass is 127. The zero-order chi connectivity index (χ0) is 13.0. The number of benzene rings is 1. The van der Waals surface area contributed by atoms with Gasteiger partial charge in [0.25, 0.3) is 5.91 Å². The number of hydrogen-bond donors (Lipinski definition) is 1. The summed E-state index contributed by atoms with van der Waals surface area (Å²) in [5.74, 6) is -0.197. The summed E-state index contributed by atoms with van der Waals surface area (Å²) in [6.07, 6.45) is 0. The number of rotatable bonds is 4. The van der Waals surface area contributed by atoms with Crippen molar-refractivity contribution in [3.63, 3.8) is 0 Å². The average molecular weight is 374 g/mol. The van der Waals surface area contributed by atoms with Crippen molar-refractivity contribution in [1.82, 2.24) is 4.98 Å². The number of ether oxygens (including phenoxy) is 1. The minimum atomic E-state index is -0.197. The van der Waals surface area contributed by atoms with Gasteiger partial charge in [-0.25, -0.2) is 4.98 Å². The SMILES string of the molecule is COCc1nc(C(=O)Nc2ccccc2I)cs1. The highest BCUT2D eigenvalue weighted by Crippen LogP contribution is 2.18. The summed E-state index contributed by atoms with van der Waals surface area (Å²) in [7, 11) is 1.60. The maximum Gasteiger partial charge on any atom is 0.275 e. The number of anilines is 1. The molecule has 0 unspecified atom stereocenters. The van der Waals surface area contributed by atoms with Crippen molar-refractivity contribution < 1.29 is 9.53 Å². The number of thiazole rings is 1. The summed E-state index contributed by atoms with van der Waals surface area (Å²) in [5, 5.41) is 5.37. The number of para-hydroxylation sites is 1. The van der Waals surface area contributed by atoms with Crippen LogP contribution in [0.4, 0.5) is 5.69 Å². The lowest BCUT2D eigenvalue weighted by atomic mass is 10.3. The zero-order valence-corrected chi connectivity index (χ0v) is 12.6. The van der Waals surface area contributed by atoms with Gasteiger partial charge in [0.1, 0.15) is 10.7 Å². The van der Waals surface area contributed by atoms with Crippen LogP contribution in [0.1, 0.15) is 15.5 Å². The third kappa shape index (κ3) is 3.27. The van der Waals surface area contributed by atoms with Crippen LogP contribution in [0.25, 0.3) is 0 Å². The van der Waals surface area contributed by atoms with Crippen LogP contribution in [-0.4, -0.2) is 18.0 Å². The first kappa shape index (κ1) is 13.4. The van der Waals surface area contributed by atoms with Gasteiger partial charge in [-0.05, 0) is 34.7 Å². The smallest absolute Gasteiger partial charge is 0.275 e. The molecule has 0 atom stereocenters. The van der Waals surface area contributed by atoms with Crippen molar-refractivity contribution in [2.75, 3.05) is 12.4 Å². The molecule has 0 fully saturated rings. The highest BCUT2D eigenvalue weighted by molar-refractivity contribution is 14.1. The van der Waals surface area contributed by atoms with E-state index < -0.39 is 0 Å². The van der Waals surface area contributed by atoms with Crippen LogP contribution in [0.3, 0.4) is 0 Å². The van der Waals surface area contributed by atoms with E-state index in [1.54, 1.807) is 12.5 Å². The summed E-state index contributed by atoms with van der Waals surface area (Å²) in [6, 6.07) is 7.61. The molecule has 1 N–H and O–H groups in total. The third-order valence-corrected chi connectivity index (χ3v) is 3.94. The fourth-order valence-electron chi connectivity index (χ4n) is 1.35. The number of amides is 1. The van der Waals surface area contributed by atoms with Gasteiger partial charge in [0, 0.05) is 16.1 Å².